The molecule has 108 valence electrons. The van der Waals surface area contributed by atoms with Gasteiger partial charge in [-0.15, -0.1) is 0 Å². The topological polar surface area (TPSA) is 37.2 Å². The van der Waals surface area contributed by atoms with E-state index in [1.165, 1.54) is 11.1 Å². The van der Waals surface area contributed by atoms with E-state index in [9.17, 15) is 5.11 Å². The molecule has 1 heterocycles. The van der Waals surface area contributed by atoms with Crippen LogP contribution in [0.25, 0.3) is 0 Å². The summed E-state index contributed by atoms with van der Waals surface area (Å²) in [5, 5.41) is 12.8. The van der Waals surface area contributed by atoms with Gasteiger partial charge in [0.05, 0.1) is 0 Å². The number of nitrogens with zero attached hydrogens (tertiary/aromatic N) is 1. The van der Waals surface area contributed by atoms with Crippen molar-refractivity contribution < 1.29 is 5.11 Å². The molecule has 0 aliphatic heterocycles. The number of hydrogen-bond donors (Lipinski definition) is 2. The van der Waals surface area contributed by atoms with Crippen molar-refractivity contribution in [1.29, 1.82) is 0 Å². The van der Waals surface area contributed by atoms with Crippen LogP contribution in [-0.4, -0.2) is 16.2 Å². The van der Waals surface area contributed by atoms with Crippen molar-refractivity contribution in [3.05, 3.63) is 53.9 Å². The zero-order valence-electron chi connectivity index (χ0n) is 12.5. The van der Waals surface area contributed by atoms with E-state index in [4.69, 9.17) is 0 Å². The molecule has 2 aromatic rings. The van der Waals surface area contributed by atoms with E-state index in [-0.39, 0.29) is 0 Å². The fourth-order valence-electron chi connectivity index (χ4n) is 2.51. The molecule has 0 amide bonds. The van der Waals surface area contributed by atoms with E-state index >= 15 is 0 Å². The first-order valence-electron chi connectivity index (χ1n) is 7.27. The number of benzene rings is 1. The molecule has 20 heavy (non-hydrogen) atoms. The molecule has 1 aromatic carbocycles. The van der Waals surface area contributed by atoms with Crippen molar-refractivity contribution in [3.8, 4) is 5.75 Å². The molecule has 1 aromatic heterocycles. The lowest BCUT2D eigenvalue weighted by atomic mass is 9.98. The molecule has 2 N–H and O–H groups in total. The van der Waals surface area contributed by atoms with E-state index in [2.05, 4.69) is 49.1 Å². The second kappa shape index (κ2) is 6.62. The molecule has 1 unspecified atom stereocenters. The minimum atomic E-state index is 0.314. The quantitative estimate of drug-likeness (QED) is 0.844. The van der Waals surface area contributed by atoms with Gasteiger partial charge in [-0.05, 0) is 41.8 Å². The van der Waals surface area contributed by atoms with Crippen molar-refractivity contribution in [3.63, 3.8) is 0 Å². The van der Waals surface area contributed by atoms with E-state index in [0.717, 1.165) is 13.1 Å². The SMILES string of the molecule is CCNC(c1ccn(Cc2ccc(O)cc2)c1)C(C)C. The summed E-state index contributed by atoms with van der Waals surface area (Å²) in [5.41, 5.74) is 2.52. The summed E-state index contributed by atoms with van der Waals surface area (Å²) in [5.74, 6) is 0.883. The Morgan fingerprint density at radius 1 is 1.15 bits per heavy atom. The zero-order chi connectivity index (χ0) is 14.5. The molecule has 3 nitrogen and oxygen atoms in total. The normalized spacial score (nSPS) is 12.8. The van der Waals surface area contributed by atoms with Crippen LogP contribution in [0.1, 0.15) is 37.9 Å². The van der Waals surface area contributed by atoms with Crippen LogP contribution in [0.15, 0.2) is 42.7 Å². The Balaban J connectivity index is 2.09. The van der Waals surface area contributed by atoms with Crippen LogP contribution in [0, 0.1) is 5.92 Å². The predicted octanol–water partition coefficient (Wildman–Crippen LogP) is 3.55. The van der Waals surface area contributed by atoms with Gasteiger partial charge in [0.1, 0.15) is 5.75 Å². The molecule has 3 heteroatoms. The summed E-state index contributed by atoms with van der Waals surface area (Å²) in [7, 11) is 0. The van der Waals surface area contributed by atoms with Crippen LogP contribution in [0.5, 0.6) is 5.75 Å². The smallest absolute Gasteiger partial charge is 0.115 e. The average molecular weight is 272 g/mol. The van der Waals surface area contributed by atoms with Crippen molar-refractivity contribution in [2.45, 2.75) is 33.4 Å². The van der Waals surface area contributed by atoms with Crippen LogP contribution in [0.4, 0.5) is 0 Å². The van der Waals surface area contributed by atoms with Crippen molar-refractivity contribution in [2.24, 2.45) is 5.92 Å². The molecule has 0 saturated carbocycles. The lowest BCUT2D eigenvalue weighted by Crippen LogP contribution is -2.25. The number of aromatic nitrogens is 1. The van der Waals surface area contributed by atoms with E-state index < -0.39 is 0 Å². The first kappa shape index (κ1) is 14.7. The maximum Gasteiger partial charge on any atom is 0.115 e. The van der Waals surface area contributed by atoms with Gasteiger partial charge in [-0.2, -0.15) is 0 Å². The minimum absolute atomic E-state index is 0.314. The standard InChI is InChI=1S/C17H24N2O/c1-4-18-17(13(2)3)15-9-10-19(12-15)11-14-5-7-16(20)8-6-14/h5-10,12-13,17-18,20H,4,11H2,1-3H3. The summed E-state index contributed by atoms with van der Waals surface area (Å²) < 4.78 is 2.19. The van der Waals surface area contributed by atoms with Crippen LogP contribution in [0.2, 0.25) is 0 Å². The number of nitrogens with one attached hydrogen (secondary N) is 1. The minimum Gasteiger partial charge on any atom is -0.508 e. The number of aromatic hydroxyl groups is 1. The second-order valence-electron chi connectivity index (χ2n) is 5.56. The largest absolute Gasteiger partial charge is 0.508 e. The van der Waals surface area contributed by atoms with Gasteiger partial charge >= 0.3 is 0 Å². The Hall–Kier alpha value is -1.74. The average Bonchev–Trinajstić information content (AvgIpc) is 2.86. The van der Waals surface area contributed by atoms with Crippen LogP contribution < -0.4 is 5.32 Å². The van der Waals surface area contributed by atoms with E-state index in [0.29, 0.717) is 17.7 Å². The van der Waals surface area contributed by atoms with Crippen molar-refractivity contribution in [1.82, 2.24) is 9.88 Å². The number of rotatable bonds is 6. The number of phenolic OH excluding ortho intramolecular Hbond substituents is 1. The highest BCUT2D eigenvalue weighted by molar-refractivity contribution is 5.26. The van der Waals surface area contributed by atoms with Gasteiger partial charge in [-0.1, -0.05) is 32.9 Å². The fourth-order valence-corrected chi connectivity index (χ4v) is 2.51. The molecular weight excluding hydrogens is 248 g/mol. The molecule has 0 radical (unpaired) electrons. The lowest BCUT2D eigenvalue weighted by molar-refractivity contribution is 0.421. The Kier molecular flexibility index (Phi) is 4.85. The molecule has 0 fully saturated rings. The van der Waals surface area contributed by atoms with Crippen molar-refractivity contribution >= 4 is 0 Å². The molecule has 0 bridgehead atoms. The molecule has 0 saturated heterocycles. The Morgan fingerprint density at radius 3 is 2.45 bits per heavy atom. The van der Waals surface area contributed by atoms with Gasteiger partial charge in [0.15, 0.2) is 0 Å². The summed E-state index contributed by atoms with van der Waals surface area (Å²) in [4.78, 5) is 0. The Labute approximate surface area is 121 Å². The van der Waals surface area contributed by atoms with Crippen molar-refractivity contribution in [2.75, 3.05) is 6.54 Å². The summed E-state index contributed by atoms with van der Waals surface area (Å²) in [6.45, 7) is 8.43. The van der Waals surface area contributed by atoms with Crippen LogP contribution in [-0.2, 0) is 6.54 Å². The van der Waals surface area contributed by atoms with E-state index in [1.807, 2.05) is 12.1 Å². The molecular formula is C17H24N2O. The lowest BCUT2D eigenvalue weighted by Gasteiger charge is -2.20. The Bertz CT molecular complexity index is 528. The third-order valence-electron chi connectivity index (χ3n) is 3.52. The van der Waals surface area contributed by atoms with Gasteiger partial charge in [-0.25, -0.2) is 0 Å². The maximum atomic E-state index is 9.30. The molecule has 0 aliphatic carbocycles. The van der Waals surface area contributed by atoms with E-state index in [1.54, 1.807) is 12.1 Å². The maximum absolute atomic E-state index is 9.30. The highest BCUT2D eigenvalue weighted by Gasteiger charge is 2.15. The van der Waals surface area contributed by atoms with Crippen LogP contribution in [0.3, 0.4) is 0 Å². The molecule has 1 atom stereocenters. The first-order valence-corrected chi connectivity index (χ1v) is 7.27. The number of hydrogen-bond acceptors (Lipinski definition) is 2. The summed E-state index contributed by atoms with van der Waals surface area (Å²) in [6.07, 6.45) is 4.33. The van der Waals surface area contributed by atoms with Gasteiger partial charge in [0, 0.05) is 25.0 Å². The van der Waals surface area contributed by atoms with Crippen LogP contribution >= 0.6 is 0 Å². The predicted molar refractivity (Wildman–Crippen MR) is 82.9 cm³/mol. The number of phenols is 1. The highest BCUT2D eigenvalue weighted by atomic mass is 16.3. The monoisotopic (exact) mass is 272 g/mol. The molecule has 0 aliphatic rings. The van der Waals surface area contributed by atoms with Gasteiger partial charge in [-0.3, -0.25) is 0 Å². The Morgan fingerprint density at radius 2 is 1.85 bits per heavy atom. The fraction of sp³-hybridized carbons (Fsp3) is 0.412. The molecule has 0 spiro atoms. The third-order valence-corrected chi connectivity index (χ3v) is 3.52. The highest BCUT2D eigenvalue weighted by Crippen LogP contribution is 2.22. The first-order chi connectivity index (χ1) is 9.60. The second-order valence-corrected chi connectivity index (χ2v) is 5.56. The van der Waals surface area contributed by atoms with Gasteiger partial charge in [0.2, 0.25) is 0 Å². The molecule has 2 rings (SSSR count). The third kappa shape index (κ3) is 3.64. The zero-order valence-corrected chi connectivity index (χ0v) is 12.5. The summed E-state index contributed by atoms with van der Waals surface area (Å²) >= 11 is 0. The van der Waals surface area contributed by atoms with Gasteiger partial charge < -0.3 is 15.0 Å². The summed E-state index contributed by atoms with van der Waals surface area (Å²) in [6, 6.07) is 9.97. The van der Waals surface area contributed by atoms with Gasteiger partial charge in [0.25, 0.3) is 0 Å².